The van der Waals surface area contributed by atoms with Gasteiger partial charge in [-0.2, -0.15) is 0 Å². The fourth-order valence-corrected chi connectivity index (χ4v) is 1.86. The zero-order valence-corrected chi connectivity index (χ0v) is 10.6. The Hall–Kier alpha value is -0.610. The third-order valence-corrected chi connectivity index (χ3v) is 3.63. The van der Waals surface area contributed by atoms with E-state index in [1.54, 1.807) is 0 Å². The smallest absolute Gasteiger partial charge is 0.227 e. The Morgan fingerprint density at radius 1 is 1.62 bits per heavy atom. The van der Waals surface area contributed by atoms with Gasteiger partial charge in [-0.05, 0) is 33.1 Å². The Balaban J connectivity index is 2.62. The first-order valence-corrected chi connectivity index (χ1v) is 6.06. The molecule has 16 heavy (non-hydrogen) atoms. The highest BCUT2D eigenvalue weighted by atomic mass is 16.5. The van der Waals surface area contributed by atoms with Gasteiger partial charge >= 0.3 is 0 Å². The molecule has 0 bridgehead atoms. The Kier molecular flexibility index (Phi) is 4.33. The topological polar surface area (TPSA) is 64.4 Å². The maximum Gasteiger partial charge on any atom is 0.227 e. The first kappa shape index (κ1) is 13.5. The second-order valence-corrected chi connectivity index (χ2v) is 5.29. The summed E-state index contributed by atoms with van der Waals surface area (Å²) >= 11 is 0. The summed E-state index contributed by atoms with van der Waals surface area (Å²) in [5, 5.41) is 3.09. The predicted molar refractivity (Wildman–Crippen MR) is 64.1 cm³/mol. The molecule has 0 aromatic heterocycles. The Morgan fingerprint density at radius 2 is 2.31 bits per heavy atom. The van der Waals surface area contributed by atoms with Gasteiger partial charge in [-0.25, -0.2) is 0 Å². The standard InChI is InChI=1S/C12H24N2O2/c1-4-11(2,8-13)10(15)14-12(3)6-5-7-16-9-12/h4-9,13H2,1-3H3,(H,14,15). The van der Waals surface area contributed by atoms with Crippen LogP contribution in [0, 0.1) is 5.41 Å². The van der Waals surface area contributed by atoms with Crippen molar-refractivity contribution in [1.29, 1.82) is 0 Å². The molecule has 0 aliphatic carbocycles. The van der Waals surface area contributed by atoms with Gasteiger partial charge in [0.05, 0.1) is 17.6 Å². The highest BCUT2D eigenvalue weighted by molar-refractivity contribution is 5.83. The van der Waals surface area contributed by atoms with E-state index in [9.17, 15) is 4.79 Å². The summed E-state index contributed by atoms with van der Waals surface area (Å²) in [4.78, 5) is 12.2. The first-order valence-electron chi connectivity index (χ1n) is 6.06. The van der Waals surface area contributed by atoms with Crippen molar-refractivity contribution >= 4 is 5.91 Å². The summed E-state index contributed by atoms with van der Waals surface area (Å²) in [5.41, 5.74) is 5.00. The Bertz CT molecular complexity index is 243. The van der Waals surface area contributed by atoms with E-state index in [-0.39, 0.29) is 11.4 Å². The number of nitrogens with one attached hydrogen (secondary N) is 1. The number of carbonyl (C=O) groups is 1. The van der Waals surface area contributed by atoms with E-state index in [1.807, 2.05) is 20.8 Å². The molecule has 0 spiro atoms. The van der Waals surface area contributed by atoms with Crippen molar-refractivity contribution in [1.82, 2.24) is 5.32 Å². The quantitative estimate of drug-likeness (QED) is 0.756. The van der Waals surface area contributed by atoms with Crippen LogP contribution in [0.2, 0.25) is 0 Å². The van der Waals surface area contributed by atoms with Crippen LogP contribution in [-0.4, -0.2) is 31.2 Å². The lowest BCUT2D eigenvalue weighted by atomic mass is 9.84. The highest BCUT2D eigenvalue weighted by Crippen LogP contribution is 2.24. The normalized spacial score (nSPS) is 29.5. The summed E-state index contributed by atoms with van der Waals surface area (Å²) < 4.78 is 5.42. The van der Waals surface area contributed by atoms with Gasteiger partial charge in [0.15, 0.2) is 0 Å². The molecule has 0 radical (unpaired) electrons. The second kappa shape index (κ2) is 5.15. The fraction of sp³-hybridized carbons (Fsp3) is 0.917. The summed E-state index contributed by atoms with van der Waals surface area (Å²) in [5.74, 6) is 0.0468. The average molecular weight is 228 g/mol. The number of carbonyl (C=O) groups excluding carboxylic acids is 1. The SMILES string of the molecule is CCC(C)(CN)C(=O)NC1(C)CCCOC1. The molecule has 1 aliphatic rings. The summed E-state index contributed by atoms with van der Waals surface area (Å²) in [6.07, 6.45) is 2.73. The van der Waals surface area contributed by atoms with Crippen molar-refractivity contribution in [3.63, 3.8) is 0 Å². The molecule has 0 aromatic rings. The minimum atomic E-state index is -0.458. The van der Waals surface area contributed by atoms with Crippen LogP contribution in [0.1, 0.15) is 40.0 Å². The molecule has 1 heterocycles. The van der Waals surface area contributed by atoms with E-state index < -0.39 is 5.41 Å². The van der Waals surface area contributed by atoms with Crippen molar-refractivity contribution in [2.45, 2.75) is 45.6 Å². The van der Waals surface area contributed by atoms with Crippen molar-refractivity contribution in [2.24, 2.45) is 11.1 Å². The molecule has 2 atom stereocenters. The predicted octanol–water partition coefficient (Wildman–Crippen LogP) is 1.05. The monoisotopic (exact) mass is 228 g/mol. The van der Waals surface area contributed by atoms with Gasteiger partial charge in [-0.1, -0.05) is 6.92 Å². The van der Waals surface area contributed by atoms with Crippen LogP contribution in [0.3, 0.4) is 0 Å². The van der Waals surface area contributed by atoms with Crippen molar-refractivity contribution in [3.8, 4) is 0 Å². The number of hydrogen-bond donors (Lipinski definition) is 2. The molecule has 3 N–H and O–H groups in total. The van der Waals surface area contributed by atoms with E-state index in [1.165, 1.54) is 0 Å². The largest absolute Gasteiger partial charge is 0.379 e. The molecule has 2 unspecified atom stereocenters. The third kappa shape index (κ3) is 2.95. The minimum absolute atomic E-state index is 0.0468. The van der Waals surface area contributed by atoms with Gasteiger partial charge in [0.2, 0.25) is 5.91 Å². The van der Waals surface area contributed by atoms with Crippen LogP contribution < -0.4 is 11.1 Å². The molecule has 1 saturated heterocycles. The Labute approximate surface area is 97.9 Å². The summed E-state index contributed by atoms with van der Waals surface area (Å²) in [6, 6.07) is 0. The maximum absolute atomic E-state index is 12.2. The molecule has 4 nitrogen and oxygen atoms in total. The van der Waals surface area contributed by atoms with Gasteiger partial charge in [-0.3, -0.25) is 4.79 Å². The van der Waals surface area contributed by atoms with Gasteiger partial charge < -0.3 is 15.8 Å². The number of nitrogens with two attached hydrogens (primary N) is 1. The molecule has 1 amide bonds. The molecule has 1 rings (SSSR count). The molecular formula is C12H24N2O2. The van der Waals surface area contributed by atoms with E-state index in [4.69, 9.17) is 10.5 Å². The number of rotatable bonds is 4. The number of amides is 1. The second-order valence-electron chi connectivity index (χ2n) is 5.29. The van der Waals surface area contributed by atoms with Gasteiger partial charge in [0, 0.05) is 13.2 Å². The van der Waals surface area contributed by atoms with Gasteiger partial charge in [0.1, 0.15) is 0 Å². The molecule has 1 aliphatic heterocycles. The van der Waals surface area contributed by atoms with Crippen molar-refractivity contribution in [3.05, 3.63) is 0 Å². The van der Waals surface area contributed by atoms with Gasteiger partial charge in [0.25, 0.3) is 0 Å². The maximum atomic E-state index is 12.2. The zero-order valence-electron chi connectivity index (χ0n) is 10.6. The van der Waals surface area contributed by atoms with Gasteiger partial charge in [-0.15, -0.1) is 0 Å². The number of ether oxygens (including phenoxy) is 1. The number of hydrogen-bond acceptors (Lipinski definition) is 3. The van der Waals surface area contributed by atoms with E-state index >= 15 is 0 Å². The first-order chi connectivity index (χ1) is 7.46. The van der Waals surface area contributed by atoms with E-state index in [2.05, 4.69) is 5.32 Å². The fourth-order valence-electron chi connectivity index (χ4n) is 1.86. The highest BCUT2D eigenvalue weighted by Gasteiger charge is 2.36. The van der Waals surface area contributed by atoms with E-state index in [0.717, 1.165) is 25.9 Å². The lowest BCUT2D eigenvalue weighted by Crippen LogP contribution is -2.56. The van der Waals surface area contributed by atoms with Crippen LogP contribution in [0.4, 0.5) is 0 Å². The molecule has 94 valence electrons. The lowest BCUT2D eigenvalue weighted by molar-refractivity contribution is -0.133. The molecule has 1 fully saturated rings. The Morgan fingerprint density at radius 3 is 2.75 bits per heavy atom. The lowest BCUT2D eigenvalue weighted by Gasteiger charge is -2.37. The van der Waals surface area contributed by atoms with Crippen molar-refractivity contribution < 1.29 is 9.53 Å². The van der Waals surface area contributed by atoms with Crippen LogP contribution >= 0.6 is 0 Å². The van der Waals surface area contributed by atoms with E-state index in [0.29, 0.717) is 13.2 Å². The van der Waals surface area contributed by atoms with Crippen LogP contribution in [0.15, 0.2) is 0 Å². The van der Waals surface area contributed by atoms with Crippen LogP contribution in [0.5, 0.6) is 0 Å². The summed E-state index contributed by atoms with van der Waals surface area (Å²) in [7, 11) is 0. The zero-order chi connectivity index (χ0) is 12.2. The molecule has 0 saturated carbocycles. The molecule has 4 heteroatoms. The van der Waals surface area contributed by atoms with Crippen molar-refractivity contribution in [2.75, 3.05) is 19.8 Å². The minimum Gasteiger partial charge on any atom is -0.379 e. The average Bonchev–Trinajstić information content (AvgIpc) is 2.28. The summed E-state index contributed by atoms with van der Waals surface area (Å²) in [6.45, 7) is 7.72. The molecular weight excluding hydrogens is 204 g/mol. The third-order valence-electron chi connectivity index (χ3n) is 3.63. The van der Waals surface area contributed by atoms with Crippen LogP contribution in [0.25, 0.3) is 0 Å². The van der Waals surface area contributed by atoms with Crippen LogP contribution in [-0.2, 0) is 9.53 Å². The molecule has 0 aromatic carbocycles.